The fourth-order valence-corrected chi connectivity index (χ4v) is 4.24. The van der Waals surface area contributed by atoms with E-state index in [0.717, 1.165) is 12.8 Å². The minimum atomic E-state index is -3.52. The lowest BCUT2D eigenvalue weighted by molar-refractivity contribution is 0.154. The minimum absolute atomic E-state index is 0.120. The normalized spacial score (nSPS) is 19.1. The van der Waals surface area contributed by atoms with Gasteiger partial charge in [-0.2, -0.15) is 4.31 Å². The van der Waals surface area contributed by atoms with E-state index < -0.39 is 10.0 Å². The van der Waals surface area contributed by atoms with Crippen molar-refractivity contribution in [3.05, 3.63) is 18.5 Å². The summed E-state index contributed by atoms with van der Waals surface area (Å²) in [5, 5.41) is 0. The zero-order chi connectivity index (χ0) is 15.0. The average Bonchev–Trinajstić information content (AvgIpc) is 2.38. The van der Waals surface area contributed by atoms with Crippen LogP contribution in [0.25, 0.3) is 0 Å². The molecule has 0 spiro atoms. The maximum absolute atomic E-state index is 12.6. The van der Waals surface area contributed by atoms with Crippen LogP contribution in [0.3, 0.4) is 0 Å². The van der Waals surface area contributed by atoms with Crippen molar-refractivity contribution in [3.8, 4) is 0 Å². The standard InChI is InChI=1S/C14H23N3O2S/c1-14(2,3)11-5-8-17(9-6-11)20(18,19)13-10-16-7-4-12(13)15/h4,7,10-11H,5-6,8-9H2,1-3H3,(H2,15,16). The molecule has 0 bridgehead atoms. The number of nitrogens with two attached hydrogens (primary N) is 1. The zero-order valence-electron chi connectivity index (χ0n) is 12.3. The number of anilines is 1. The van der Waals surface area contributed by atoms with Gasteiger partial charge in [-0.25, -0.2) is 8.42 Å². The molecule has 0 unspecified atom stereocenters. The maximum Gasteiger partial charge on any atom is 0.246 e. The van der Waals surface area contributed by atoms with Crippen molar-refractivity contribution in [2.45, 2.75) is 38.5 Å². The van der Waals surface area contributed by atoms with E-state index in [1.165, 1.54) is 22.8 Å². The molecule has 1 fully saturated rings. The van der Waals surface area contributed by atoms with Gasteiger partial charge in [-0.05, 0) is 30.2 Å². The van der Waals surface area contributed by atoms with Gasteiger partial charge in [0.15, 0.2) is 0 Å². The van der Waals surface area contributed by atoms with Crippen LogP contribution < -0.4 is 5.73 Å². The van der Waals surface area contributed by atoms with Crippen molar-refractivity contribution < 1.29 is 8.42 Å². The summed E-state index contributed by atoms with van der Waals surface area (Å²) in [4.78, 5) is 3.99. The average molecular weight is 297 g/mol. The third-order valence-corrected chi connectivity index (χ3v) is 6.05. The molecule has 1 aliphatic rings. The Morgan fingerprint density at radius 1 is 1.30 bits per heavy atom. The van der Waals surface area contributed by atoms with Gasteiger partial charge in [0, 0.05) is 25.5 Å². The Hall–Kier alpha value is -1.14. The Labute approximate surface area is 121 Å². The van der Waals surface area contributed by atoms with E-state index in [2.05, 4.69) is 25.8 Å². The monoisotopic (exact) mass is 297 g/mol. The van der Waals surface area contributed by atoms with Crippen LogP contribution in [-0.4, -0.2) is 30.8 Å². The van der Waals surface area contributed by atoms with Crippen molar-refractivity contribution in [2.75, 3.05) is 18.8 Å². The van der Waals surface area contributed by atoms with E-state index in [0.29, 0.717) is 19.0 Å². The summed E-state index contributed by atoms with van der Waals surface area (Å²) in [7, 11) is -3.52. The number of sulfonamides is 1. The first kappa shape index (κ1) is 15.3. The molecule has 20 heavy (non-hydrogen) atoms. The van der Waals surface area contributed by atoms with Gasteiger partial charge in [-0.3, -0.25) is 4.98 Å². The van der Waals surface area contributed by atoms with Crippen LogP contribution in [0, 0.1) is 11.3 Å². The second kappa shape index (κ2) is 5.33. The van der Waals surface area contributed by atoms with Crippen LogP contribution in [0.5, 0.6) is 0 Å². The summed E-state index contributed by atoms with van der Waals surface area (Å²) in [6, 6.07) is 1.52. The summed E-state index contributed by atoms with van der Waals surface area (Å²) in [5.74, 6) is 0.556. The van der Waals surface area contributed by atoms with Crippen LogP contribution in [-0.2, 0) is 10.0 Å². The number of piperidine rings is 1. The van der Waals surface area contributed by atoms with E-state index in [9.17, 15) is 8.42 Å². The lowest BCUT2D eigenvalue weighted by Crippen LogP contribution is -2.41. The van der Waals surface area contributed by atoms with Crippen molar-refractivity contribution >= 4 is 15.7 Å². The number of rotatable bonds is 2. The molecule has 0 saturated carbocycles. The van der Waals surface area contributed by atoms with Gasteiger partial charge in [0.1, 0.15) is 4.90 Å². The number of hydrogen-bond acceptors (Lipinski definition) is 4. The summed E-state index contributed by atoms with van der Waals surface area (Å²) >= 11 is 0. The van der Waals surface area contributed by atoms with Crippen LogP contribution in [0.15, 0.2) is 23.4 Å². The van der Waals surface area contributed by atoms with Crippen molar-refractivity contribution in [3.63, 3.8) is 0 Å². The number of nitrogens with zero attached hydrogens (tertiary/aromatic N) is 2. The molecule has 6 heteroatoms. The maximum atomic E-state index is 12.6. The van der Waals surface area contributed by atoms with Gasteiger partial charge in [-0.1, -0.05) is 20.8 Å². The van der Waals surface area contributed by atoms with E-state index in [-0.39, 0.29) is 16.0 Å². The number of hydrogen-bond donors (Lipinski definition) is 1. The number of nitrogen functional groups attached to an aromatic ring is 1. The quantitative estimate of drug-likeness (QED) is 0.907. The van der Waals surface area contributed by atoms with E-state index in [1.54, 1.807) is 0 Å². The molecular weight excluding hydrogens is 274 g/mol. The van der Waals surface area contributed by atoms with Crippen LogP contribution in [0.4, 0.5) is 5.69 Å². The summed E-state index contributed by atoms with van der Waals surface area (Å²) in [5.41, 5.74) is 6.25. The summed E-state index contributed by atoms with van der Waals surface area (Å²) in [6.07, 6.45) is 4.62. The molecule has 1 saturated heterocycles. The zero-order valence-corrected chi connectivity index (χ0v) is 13.2. The molecule has 1 aliphatic heterocycles. The second-order valence-electron chi connectivity index (χ2n) is 6.46. The molecule has 0 radical (unpaired) electrons. The Kier molecular flexibility index (Phi) is 4.07. The molecule has 112 valence electrons. The third kappa shape index (κ3) is 2.96. The van der Waals surface area contributed by atoms with Crippen molar-refractivity contribution in [1.29, 1.82) is 0 Å². The Bertz CT molecular complexity index is 570. The molecule has 0 amide bonds. The Morgan fingerprint density at radius 2 is 1.90 bits per heavy atom. The van der Waals surface area contributed by atoms with Gasteiger partial charge >= 0.3 is 0 Å². The van der Waals surface area contributed by atoms with Crippen molar-refractivity contribution in [1.82, 2.24) is 9.29 Å². The van der Waals surface area contributed by atoms with E-state index in [1.807, 2.05) is 0 Å². The van der Waals surface area contributed by atoms with Gasteiger partial charge in [0.05, 0.1) is 5.69 Å². The highest BCUT2D eigenvalue weighted by Gasteiger charge is 2.34. The molecule has 5 nitrogen and oxygen atoms in total. The molecular formula is C14H23N3O2S. The van der Waals surface area contributed by atoms with Crippen LogP contribution >= 0.6 is 0 Å². The summed E-state index contributed by atoms with van der Waals surface area (Å²) in [6.45, 7) is 7.74. The first-order valence-corrected chi connectivity index (χ1v) is 8.36. The third-order valence-electron chi connectivity index (χ3n) is 4.11. The highest BCUT2D eigenvalue weighted by Crippen LogP contribution is 2.36. The largest absolute Gasteiger partial charge is 0.398 e. The van der Waals surface area contributed by atoms with Gasteiger partial charge in [0.25, 0.3) is 0 Å². The second-order valence-corrected chi connectivity index (χ2v) is 8.36. The lowest BCUT2D eigenvalue weighted by atomic mass is 9.76. The molecule has 0 aromatic carbocycles. The van der Waals surface area contributed by atoms with Crippen molar-refractivity contribution in [2.24, 2.45) is 11.3 Å². The fraction of sp³-hybridized carbons (Fsp3) is 0.643. The molecule has 2 heterocycles. The predicted octanol–water partition coefficient (Wildman–Crippen LogP) is 2.11. The molecule has 2 N–H and O–H groups in total. The van der Waals surface area contributed by atoms with E-state index in [4.69, 9.17) is 5.73 Å². The lowest BCUT2D eigenvalue weighted by Gasteiger charge is -2.38. The highest BCUT2D eigenvalue weighted by molar-refractivity contribution is 7.89. The molecule has 0 atom stereocenters. The smallest absolute Gasteiger partial charge is 0.246 e. The minimum Gasteiger partial charge on any atom is -0.398 e. The number of pyridine rings is 1. The first-order valence-electron chi connectivity index (χ1n) is 6.92. The Balaban J connectivity index is 2.16. The highest BCUT2D eigenvalue weighted by atomic mass is 32.2. The molecule has 2 rings (SSSR count). The molecule has 0 aliphatic carbocycles. The topological polar surface area (TPSA) is 76.3 Å². The van der Waals surface area contributed by atoms with Gasteiger partial charge in [0.2, 0.25) is 10.0 Å². The number of aromatic nitrogens is 1. The van der Waals surface area contributed by atoms with Gasteiger partial charge in [-0.15, -0.1) is 0 Å². The fourth-order valence-electron chi connectivity index (χ4n) is 2.71. The van der Waals surface area contributed by atoms with Gasteiger partial charge < -0.3 is 5.73 Å². The van der Waals surface area contributed by atoms with E-state index >= 15 is 0 Å². The van der Waals surface area contributed by atoms with Crippen LogP contribution in [0.2, 0.25) is 0 Å². The summed E-state index contributed by atoms with van der Waals surface area (Å²) < 4.78 is 26.7. The first-order chi connectivity index (χ1) is 9.23. The Morgan fingerprint density at radius 3 is 2.40 bits per heavy atom. The predicted molar refractivity (Wildman–Crippen MR) is 79.6 cm³/mol. The van der Waals surface area contributed by atoms with Crippen LogP contribution in [0.1, 0.15) is 33.6 Å². The SMILES string of the molecule is CC(C)(C)C1CCN(S(=O)(=O)c2cnccc2N)CC1. The molecule has 1 aromatic rings. The molecule has 1 aromatic heterocycles.